The van der Waals surface area contributed by atoms with Crippen LogP contribution in [0.15, 0.2) is 18.2 Å². The minimum absolute atomic E-state index is 0.0150. The fraction of sp³-hybridized carbons (Fsp3) is 0.462. The molecule has 0 radical (unpaired) electrons. The molecule has 4 nitrogen and oxygen atoms in total. The summed E-state index contributed by atoms with van der Waals surface area (Å²) in [6.07, 6.45) is -0.155. The van der Waals surface area contributed by atoms with Crippen molar-refractivity contribution in [2.45, 2.75) is 12.5 Å². The predicted molar refractivity (Wildman–Crippen MR) is 68.8 cm³/mol. The lowest BCUT2D eigenvalue weighted by Crippen LogP contribution is -2.40. The van der Waals surface area contributed by atoms with Gasteiger partial charge >= 0.3 is 5.97 Å². The molecule has 1 saturated heterocycles. The number of benzene rings is 1. The smallest absolute Gasteiger partial charge is 0.305 e. The first-order valence-electron chi connectivity index (χ1n) is 6.07. The molecule has 1 heterocycles. The van der Waals surface area contributed by atoms with Crippen molar-refractivity contribution in [2.24, 2.45) is 0 Å². The van der Waals surface area contributed by atoms with E-state index in [9.17, 15) is 9.18 Å². The summed E-state index contributed by atoms with van der Waals surface area (Å²) in [4.78, 5) is 12.9. The van der Waals surface area contributed by atoms with E-state index in [2.05, 4.69) is 0 Å². The summed E-state index contributed by atoms with van der Waals surface area (Å²) in [6.45, 7) is 2.23. The first kappa shape index (κ1) is 14.2. The average molecular weight is 288 g/mol. The van der Waals surface area contributed by atoms with Crippen LogP contribution in [0.4, 0.5) is 4.39 Å². The Kier molecular flexibility index (Phi) is 4.74. The van der Waals surface area contributed by atoms with E-state index >= 15 is 0 Å². The summed E-state index contributed by atoms with van der Waals surface area (Å²) in [5.74, 6) is -1.50. The van der Waals surface area contributed by atoms with Crippen LogP contribution in [-0.4, -0.2) is 42.3 Å². The van der Waals surface area contributed by atoms with Gasteiger partial charge < -0.3 is 9.84 Å². The number of ether oxygens (including phenoxy) is 1. The van der Waals surface area contributed by atoms with Gasteiger partial charge in [-0.3, -0.25) is 9.69 Å². The molecule has 1 atom stereocenters. The topological polar surface area (TPSA) is 49.8 Å². The van der Waals surface area contributed by atoms with Gasteiger partial charge in [0.25, 0.3) is 0 Å². The van der Waals surface area contributed by atoms with E-state index in [0.717, 1.165) is 0 Å². The molecule has 1 unspecified atom stereocenters. The van der Waals surface area contributed by atoms with Crippen LogP contribution in [0.5, 0.6) is 0 Å². The largest absolute Gasteiger partial charge is 0.481 e. The highest BCUT2D eigenvalue weighted by atomic mass is 35.5. The highest BCUT2D eigenvalue weighted by molar-refractivity contribution is 6.30. The van der Waals surface area contributed by atoms with Crippen LogP contribution in [0.3, 0.4) is 0 Å². The Morgan fingerprint density at radius 3 is 2.79 bits per heavy atom. The minimum atomic E-state index is -0.962. The monoisotopic (exact) mass is 287 g/mol. The Balaban J connectivity index is 2.30. The molecule has 1 N–H and O–H groups in total. The number of hydrogen-bond acceptors (Lipinski definition) is 3. The molecule has 1 aliphatic heterocycles. The number of carbonyl (C=O) groups is 1. The molecule has 1 aromatic rings. The molecule has 104 valence electrons. The van der Waals surface area contributed by atoms with E-state index in [4.69, 9.17) is 21.4 Å². The van der Waals surface area contributed by atoms with Crippen LogP contribution >= 0.6 is 11.6 Å². The van der Waals surface area contributed by atoms with Gasteiger partial charge in [0.05, 0.1) is 24.7 Å². The highest BCUT2D eigenvalue weighted by Crippen LogP contribution is 2.30. The van der Waals surface area contributed by atoms with Crippen LogP contribution < -0.4 is 0 Å². The number of aliphatic carboxylic acids is 1. The van der Waals surface area contributed by atoms with E-state index in [0.29, 0.717) is 31.9 Å². The van der Waals surface area contributed by atoms with Gasteiger partial charge in [-0.2, -0.15) is 0 Å². The second-order valence-electron chi connectivity index (χ2n) is 4.41. The summed E-state index contributed by atoms with van der Waals surface area (Å²) in [6, 6.07) is 4.16. The average Bonchev–Trinajstić information content (AvgIpc) is 2.40. The molecule has 0 bridgehead atoms. The van der Waals surface area contributed by atoms with Gasteiger partial charge in [0.15, 0.2) is 0 Å². The summed E-state index contributed by atoms with van der Waals surface area (Å²) in [7, 11) is 0. The Morgan fingerprint density at radius 1 is 1.47 bits per heavy atom. The number of nitrogens with zero attached hydrogens (tertiary/aromatic N) is 1. The fourth-order valence-corrected chi connectivity index (χ4v) is 2.45. The molecular formula is C13H15ClFNO3. The molecule has 0 amide bonds. The van der Waals surface area contributed by atoms with Crippen LogP contribution in [0.1, 0.15) is 18.0 Å². The van der Waals surface area contributed by atoms with E-state index in [1.807, 2.05) is 4.90 Å². The maximum Gasteiger partial charge on any atom is 0.305 e. The summed E-state index contributed by atoms with van der Waals surface area (Å²) >= 11 is 5.77. The molecule has 0 saturated carbocycles. The zero-order valence-electron chi connectivity index (χ0n) is 10.3. The second-order valence-corrected chi connectivity index (χ2v) is 4.81. The maximum atomic E-state index is 14.1. The number of carboxylic acid groups (broad SMARTS) is 1. The zero-order valence-corrected chi connectivity index (χ0v) is 11.1. The molecule has 1 aliphatic rings. The van der Waals surface area contributed by atoms with E-state index < -0.39 is 17.8 Å². The Hall–Kier alpha value is -1.17. The lowest BCUT2D eigenvalue weighted by atomic mass is 10.0. The third kappa shape index (κ3) is 3.43. The summed E-state index contributed by atoms with van der Waals surface area (Å²) in [5, 5.41) is 9.04. The highest BCUT2D eigenvalue weighted by Gasteiger charge is 2.27. The lowest BCUT2D eigenvalue weighted by molar-refractivity contribution is -0.139. The van der Waals surface area contributed by atoms with E-state index in [1.54, 1.807) is 12.1 Å². The van der Waals surface area contributed by atoms with Gasteiger partial charge in [-0.25, -0.2) is 4.39 Å². The number of halogens is 2. The molecule has 1 fully saturated rings. The molecule has 0 aliphatic carbocycles. The van der Waals surface area contributed by atoms with Gasteiger partial charge in [0.1, 0.15) is 5.82 Å². The van der Waals surface area contributed by atoms with Crippen LogP contribution in [0.25, 0.3) is 0 Å². The van der Waals surface area contributed by atoms with Crippen molar-refractivity contribution in [3.8, 4) is 0 Å². The van der Waals surface area contributed by atoms with Gasteiger partial charge in [0.2, 0.25) is 0 Å². The molecule has 19 heavy (non-hydrogen) atoms. The quantitative estimate of drug-likeness (QED) is 0.923. The van der Waals surface area contributed by atoms with Crippen molar-refractivity contribution < 1.29 is 19.0 Å². The molecule has 6 heteroatoms. The molecule has 1 aromatic carbocycles. The van der Waals surface area contributed by atoms with Gasteiger partial charge in [-0.05, 0) is 6.07 Å². The maximum absolute atomic E-state index is 14.1. The molecule has 0 aromatic heterocycles. The van der Waals surface area contributed by atoms with Crippen molar-refractivity contribution in [1.82, 2.24) is 4.90 Å². The standard InChI is InChI=1S/C13H15ClFNO3/c14-10-3-1-2-9(13(10)15)11(8-12(17)18)16-4-6-19-7-5-16/h1-3,11H,4-8H2,(H,17,18). The zero-order chi connectivity index (χ0) is 13.8. The first-order chi connectivity index (χ1) is 9.09. The first-order valence-corrected chi connectivity index (χ1v) is 6.45. The molecule has 2 rings (SSSR count). The minimum Gasteiger partial charge on any atom is -0.481 e. The summed E-state index contributed by atoms with van der Waals surface area (Å²) < 4.78 is 19.3. The number of rotatable bonds is 4. The van der Waals surface area contributed by atoms with Crippen LogP contribution in [0, 0.1) is 5.82 Å². The van der Waals surface area contributed by atoms with Crippen molar-refractivity contribution in [3.63, 3.8) is 0 Å². The van der Waals surface area contributed by atoms with Gasteiger partial charge in [0, 0.05) is 24.7 Å². The van der Waals surface area contributed by atoms with Crippen molar-refractivity contribution >= 4 is 17.6 Å². The second kappa shape index (κ2) is 6.32. The Labute approximate surface area is 115 Å². The predicted octanol–water partition coefficient (Wildman–Crippen LogP) is 2.33. The van der Waals surface area contributed by atoms with Gasteiger partial charge in [-0.1, -0.05) is 23.7 Å². The SMILES string of the molecule is O=C(O)CC(c1cccc(Cl)c1F)N1CCOCC1. The summed E-state index contributed by atoms with van der Waals surface area (Å²) in [5.41, 5.74) is 0.330. The third-order valence-corrected chi connectivity index (χ3v) is 3.49. The van der Waals surface area contributed by atoms with Gasteiger partial charge in [-0.15, -0.1) is 0 Å². The van der Waals surface area contributed by atoms with Crippen molar-refractivity contribution in [3.05, 3.63) is 34.6 Å². The lowest BCUT2D eigenvalue weighted by Gasteiger charge is -2.34. The van der Waals surface area contributed by atoms with Crippen LogP contribution in [-0.2, 0) is 9.53 Å². The number of hydrogen-bond donors (Lipinski definition) is 1. The molecule has 0 spiro atoms. The normalized spacial score (nSPS) is 18.2. The van der Waals surface area contributed by atoms with Crippen molar-refractivity contribution in [2.75, 3.05) is 26.3 Å². The van der Waals surface area contributed by atoms with Crippen molar-refractivity contribution in [1.29, 1.82) is 0 Å². The molecular weight excluding hydrogens is 273 g/mol. The third-order valence-electron chi connectivity index (χ3n) is 3.19. The number of carboxylic acids is 1. The van der Waals surface area contributed by atoms with E-state index in [-0.39, 0.29) is 11.4 Å². The Bertz CT molecular complexity index is 463. The fourth-order valence-electron chi connectivity index (χ4n) is 2.27. The number of morpholine rings is 1. The Morgan fingerprint density at radius 2 is 2.16 bits per heavy atom. The van der Waals surface area contributed by atoms with E-state index in [1.165, 1.54) is 6.07 Å². The van der Waals surface area contributed by atoms with Crippen LogP contribution in [0.2, 0.25) is 5.02 Å².